The van der Waals surface area contributed by atoms with Gasteiger partial charge < -0.3 is 9.47 Å². The molecule has 0 unspecified atom stereocenters. The van der Waals surface area contributed by atoms with Crippen LogP contribution in [0.2, 0.25) is 0 Å². The number of esters is 1. The third-order valence-electron chi connectivity index (χ3n) is 4.93. The van der Waals surface area contributed by atoms with Gasteiger partial charge >= 0.3 is 5.97 Å². The van der Waals surface area contributed by atoms with Gasteiger partial charge in [-0.15, -0.1) is 0 Å². The van der Waals surface area contributed by atoms with Crippen molar-refractivity contribution in [1.29, 1.82) is 0 Å². The number of fused-ring (bicyclic) bond motifs is 1. The fourth-order valence-electron chi connectivity index (χ4n) is 2.95. The van der Waals surface area contributed by atoms with E-state index in [1.165, 1.54) is 11.8 Å². The zero-order chi connectivity index (χ0) is 22.5. The fourth-order valence-corrected chi connectivity index (χ4v) is 3.32. The summed E-state index contributed by atoms with van der Waals surface area (Å²) in [6.07, 6.45) is 1.73. The van der Waals surface area contributed by atoms with Crippen LogP contribution in [0, 0.1) is 0 Å². The van der Waals surface area contributed by atoms with Gasteiger partial charge in [-0.25, -0.2) is 9.78 Å². The zero-order valence-corrected chi connectivity index (χ0v) is 19.4. The summed E-state index contributed by atoms with van der Waals surface area (Å²) in [4.78, 5) is 29.3. The maximum atomic E-state index is 13.1. The number of nitrogens with zero attached hydrogens (tertiary/aromatic N) is 3. The average molecular weight is 486 g/mol. The minimum absolute atomic E-state index is 0.0634. The minimum Gasteiger partial charge on any atom is -0.479 e. The van der Waals surface area contributed by atoms with Crippen molar-refractivity contribution in [2.75, 3.05) is 7.11 Å². The van der Waals surface area contributed by atoms with Crippen molar-refractivity contribution >= 4 is 39.0 Å². The zero-order valence-electron chi connectivity index (χ0n) is 17.8. The molecule has 0 radical (unpaired) electrons. The van der Waals surface area contributed by atoms with E-state index in [1.54, 1.807) is 43.5 Å². The largest absolute Gasteiger partial charge is 0.479 e. The van der Waals surface area contributed by atoms with Crippen molar-refractivity contribution in [2.45, 2.75) is 39.2 Å². The van der Waals surface area contributed by atoms with E-state index in [0.717, 1.165) is 16.5 Å². The Bertz CT molecular complexity index is 1170. The quantitative estimate of drug-likeness (QED) is 0.363. The Morgan fingerprint density at radius 1 is 1.23 bits per heavy atom. The predicted molar refractivity (Wildman–Crippen MR) is 124 cm³/mol. The van der Waals surface area contributed by atoms with Crippen molar-refractivity contribution in [3.8, 4) is 5.75 Å². The Kier molecular flexibility index (Phi) is 7.22. The number of hydrogen-bond donors (Lipinski definition) is 0. The number of carbonyl (C=O) groups is 1. The smallest absolute Gasteiger partial charge is 0.346 e. The lowest BCUT2D eigenvalue weighted by molar-refractivity contribution is -0.147. The molecule has 1 aromatic heterocycles. The second-order valence-corrected chi connectivity index (χ2v) is 8.07. The van der Waals surface area contributed by atoms with Gasteiger partial charge in [0.1, 0.15) is 11.6 Å². The van der Waals surface area contributed by atoms with Crippen LogP contribution in [0.3, 0.4) is 0 Å². The molecule has 0 amide bonds. The summed E-state index contributed by atoms with van der Waals surface area (Å²) in [7, 11) is 1.32. The molecule has 0 aliphatic heterocycles. The highest BCUT2D eigenvalue weighted by Gasteiger charge is 2.16. The summed E-state index contributed by atoms with van der Waals surface area (Å²) in [5.41, 5.74) is 1.20. The molecule has 0 aliphatic carbocycles. The van der Waals surface area contributed by atoms with Crippen LogP contribution in [0.15, 0.2) is 56.8 Å². The van der Waals surface area contributed by atoms with E-state index in [-0.39, 0.29) is 11.5 Å². The normalized spacial score (nSPS) is 13.3. The number of carbonyl (C=O) groups excluding carboxylic acids is 1. The predicted octanol–water partition coefficient (Wildman–Crippen LogP) is 4.50. The molecule has 2 atom stereocenters. The summed E-state index contributed by atoms with van der Waals surface area (Å²) < 4.78 is 12.4. The molecule has 2 aromatic carbocycles. The van der Waals surface area contributed by atoms with E-state index in [4.69, 9.17) is 9.72 Å². The van der Waals surface area contributed by atoms with Crippen LogP contribution in [0.4, 0.5) is 0 Å². The number of hydrogen-bond acceptors (Lipinski definition) is 6. The van der Waals surface area contributed by atoms with E-state index >= 15 is 0 Å². The highest BCUT2D eigenvalue weighted by molar-refractivity contribution is 9.10. The van der Waals surface area contributed by atoms with E-state index < -0.39 is 12.1 Å². The first kappa shape index (κ1) is 22.7. The molecule has 0 spiro atoms. The maximum Gasteiger partial charge on any atom is 0.346 e. The number of rotatable bonds is 7. The van der Waals surface area contributed by atoms with Crippen molar-refractivity contribution in [3.05, 3.63) is 68.7 Å². The van der Waals surface area contributed by atoms with Crippen molar-refractivity contribution in [2.24, 2.45) is 5.10 Å². The number of benzene rings is 2. The average Bonchev–Trinajstić information content (AvgIpc) is 2.78. The highest BCUT2D eigenvalue weighted by atomic mass is 79.9. The molecule has 0 saturated heterocycles. The first-order valence-corrected chi connectivity index (χ1v) is 10.7. The molecular formula is C23H24BrN3O4. The van der Waals surface area contributed by atoms with Gasteiger partial charge in [0.05, 0.1) is 24.2 Å². The standard InChI is InChI=1S/C23H24BrN3O4/c1-5-14(2)21-26-20-11-8-17(24)12-19(20)22(28)27(21)25-13-16-6-9-18(10-7-16)31-15(3)23(29)30-4/h6-15H,5H2,1-4H3/t14-,15-/m0/s1. The monoisotopic (exact) mass is 485 g/mol. The van der Waals surface area contributed by atoms with Crippen LogP contribution in [0.25, 0.3) is 10.9 Å². The molecule has 3 aromatic rings. The van der Waals surface area contributed by atoms with E-state index in [0.29, 0.717) is 22.5 Å². The van der Waals surface area contributed by atoms with Crippen molar-refractivity contribution in [1.82, 2.24) is 9.66 Å². The lowest BCUT2D eigenvalue weighted by Crippen LogP contribution is -2.24. The Labute approximate surface area is 188 Å². The van der Waals surface area contributed by atoms with Gasteiger partial charge in [-0.05, 0) is 61.4 Å². The van der Waals surface area contributed by atoms with Gasteiger partial charge in [0.15, 0.2) is 6.10 Å². The molecule has 0 N–H and O–H groups in total. The molecule has 0 fully saturated rings. The molecule has 8 heteroatoms. The molecule has 0 aliphatic rings. The van der Waals surface area contributed by atoms with Crippen LogP contribution in [-0.4, -0.2) is 35.1 Å². The summed E-state index contributed by atoms with van der Waals surface area (Å²) in [5.74, 6) is 0.765. The van der Waals surface area contributed by atoms with Gasteiger partial charge in [0, 0.05) is 10.4 Å². The Balaban J connectivity index is 1.94. The molecule has 3 rings (SSSR count). The first-order chi connectivity index (χ1) is 14.8. The van der Waals surface area contributed by atoms with Crippen molar-refractivity contribution < 1.29 is 14.3 Å². The third-order valence-corrected chi connectivity index (χ3v) is 5.43. The molecule has 0 bridgehead atoms. The topological polar surface area (TPSA) is 82.8 Å². The highest BCUT2D eigenvalue weighted by Crippen LogP contribution is 2.21. The second kappa shape index (κ2) is 9.87. The fraction of sp³-hybridized carbons (Fsp3) is 0.304. The lowest BCUT2D eigenvalue weighted by atomic mass is 10.1. The minimum atomic E-state index is -0.704. The summed E-state index contributed by atoms with van der Waals surface area (Å²) >= 11 is 3.41. The summed E-state index contributed by atoms with van der Waals surface area (Å²) in [5, 5.41) is 4.94. The van der Waals surface area contributed by atoms with Gasteiger partial charge in [-0.3, -0.25) is 4.79 Å². The second-order valence-electron chi connectivity index (χ2n) is 7.15. The van der Waals surface area contributed by atoms with Crippen molar-refractivity contribution in [3.63, 3.8) is 0 Å². The van der Waals surface area contributed by atoms with E-state index in [1.807, 2.05) is 26.0 Å². The van der Waals surface area contributed by atoms with E-state index in [2.05, 4.69) is 25.8 Å². The van der Waals surface area contributed by atoms with Gasteiger partial charge in [0.25, 0.3) is 5.56 Å². The SMILES string of the molecule is CC[C@H](C)c1nc2ccc(Br)cc2c(=O)n1N=Cc1ccc(O[C@@H](C)C(=O)OC)cc1. The summed E-state index contributed by atoms with van der Waals surface area (Å²) in [6.45, 7) is 5.69. The number of aromatic nitrogens is 2. The van der Waals surface area contributed by atoms with Crippen LogP contribution in [-0.2, 0) is 9.53 Å². The lowest BCUT2D eigenvalue weighted by Gasteiger charge is -2.14. The van der Waals surface area contributed by atoms with Gasteiger partial charge in [0.2, 0.25) is 0 Å². The van der Waals surface area contributed by atoms with E-state index in [9.17, 15) is 9.59 Å². The Morgan fingerprint density at radius 2 is 1.94 bits per heavy atom. The third kappa shape index (κ3) is 5.19. The molecule has 31 heavy (non-hydrogen) atoms. The Morgan fingerprint density at radius 3 is 2.58 bits per heavy atom. The molecule has 7 nitrogen and oxygen atoms in total. The molecular weight excluding hydrogens is 462 g/mol. The molecule has 1 heterocycles. The molecule has 162 valence electrons. The maximum absolute atomic E-state index is 13.1. The number of halogens is 1. The Hall–Kier alpha value is -3.00. The molecule has 0 saturated carbocycles. The van der Waals surface area contributed by atoms with Gasteiger partial charge in [-0.2, -0.15) is 9.78 Å². The number of ether oxygens (including phenoxy) is 2. The number of methoxy groups -OCH3 is 1. The first-order valence-electron chi connectivity index (χ1n) is 9.95. The summed E-state index contributed by atoms with van der Waals surface area (Å²) in [6, 6.07) is 12.5. The van der Waals surface area contributed by atoms with Crippen LogP contribution in [0.5, 0.6) is 5.75 Å². The van der Waals surface area contributed by atoms with Gasteiger partial charge in [-0.1, -0.05) is 29.8 Å². The van der Waals surface area contributed by atoms with Crippen LogP contribution >= 0.6 is 15.9 Å². The van der Waals surface area contributed by atoms with Crippen LogP contribution < -0.4 is 10.3 Å². The van der Waals surface area contributed by atoms with Crippen LogP contribution in [0.1, 0.15) is 44.5 Å².